The molecule has 0 aliphatic carbocycles. The third-order valence-corrected chi connectivity index (χ3v) is 7.27. The summed E-state index contributed by atoms with van der Waals surface area (Å²) in [6, 6.07) is 5.63. The minimum Gasteiger partial charge on any atom is -0.370 e. The Balaban J connectivity index is 3.22. The van der Waals surface area contributed by atoms with Gasteiger partial charge in [0.1, 0.15) is 18.1 Å². The van der Waals surface area contributed by atoms with Crippen molar-refractivity contribution in [3.63, 3.8) is 0 Å². The highest BCUT2D eigenvalue weighted by Crippen LogP contribution is 2.11. The van der Waals surface area contributed by atoms with E-state index in [1.165, 1.54) is 11.8 Å². The second-order valence-corrected chi connectivity index (χ2v) is 12.1. The van der Waals surface area contributed by atoms with Gasteiger partial charge in [-0.3, -0.25) is 29.0 Å². The molecule has 1 rings (SSSR count). The highest BCUT2D eigenvalue weighted by molar-refractivity contribution is 7.98. The van der Waals surface area contributed by atoms with Crippen LogP contribution in [0.15, 0.2) is 35.3 Å². The van der Waals surface area contributed by atoms with Crippen LogP contribution in [0.1, 0.15) is 58.9 Å². The van der Waals surface area contributed by atoms with E-state index in [0.29, 0.717) is 44.4 Å². The molecule has 240 valence electrons. The molecule has 12 nitrogen and oxygen atoms in total. The summed E-state index contributed by atoms with van der Waals surface area (Å²) in [7, 11) is 0. The van der Waals surface area contributed by atoms with Crippen molar-refractivity contribution in [1.29, 1.82) is 0 Å². The van der Waals surface area contributed by atoms with E-state index in [1.807, 2.05) is 50.4 Å². The van der Waals surface area contributed by atoms with Crippen LogP contribution in [0.5, 0.6) is 0 Å². The lowest BCUT2D eigenvalue weighted by Crippen LogP contribution is -2.58. The number of ketones is 1. The van der Waals surface area contributed by atoms with Gasteiger partial charge >= 0.3 is 0 Å². The Kier molecular flexibility index (Phi) is 17.7. The molecular formula is C30H49N7O5S. The van der Waals surface area contributed by atoms with Gasteiger partial charge in [-0.1, -0.05) is 58.0 Å². The molecule has 0 aliphatic heterocycles. The molecule has 4 unspecified atom stereocenters. The first-order chi connectivity index (χ1) is 20.4. The zero-order chi connectivity index (χ0) is 32.4. The molecule has 0 aromatic heterocycles. The lowest BCUT2D eigenvalue weighted by atomic mass is 9.96. The summed E-state index contributed by atoms with van der Waals surface area (Å²) in [4.78, 5) is 68.3. The van der Waals surface area contributed by atoms with E-state index >= 15 is 0 Å². The third-order valence-electron chi connectivity index (χ3n) is 6.63. The van der Waals surface area contributed by atoms with Crippen molar-refractivity contribution in [2.24, 2.45) is 28.3 Å². The van der Waals surface area contributed by atoms with Gasteiger partial charge in [-0.25, -0.2) is 0 Å². The standard InChI is InChI=1S/C30H49N7O5S/c1-19(2)16-24(36-27(40)23(34-18-38)13-15-43-5)28(41)37-25(17-21-10-7-6-8-11-21)29(42)35-22(26(39)20(3)4)12-9-14-33-30(31)32/h6-8,10-11,18-20,22-25H,9,12-17H2,1-5H3,(H,34,38)(H,35,42)(H,36,40)(H,37,41)(H4,31,32,33). The van der Waals surface area contributed by atoms with Gasteiger partial charge in [-0.15, -0.1) is 0 Å². The first kappa shape index (κ1) is 37.4. The topological polar surface area (TPSA) is 198 Å². The number of carbonyl (C=O) groups excluding carboxylic acids is 5. The number of nitrogens with two attached hydrogens (primary N) is 2. The van der Waals surface area contributed by atoms with E-state index in [2.05, 4.69) is 26.3 Å². The van der Waals surface area contributed by atoms with Gasteiger partial charge in [-0.2, -0.15) is 11.8 Å². The largest absolute Gasteiger partial charge is 0.370 e. The first-order valence-corrected chi connectivity index (χ1v) is 16.0. The number of nitrogens with zero attached hydrogens (tertiary/aromatic N) is 1. The first-order valence-electron chi connectivity index (χ1n) is 14.6. The van der Waals surface area contributed by atoms with Crippen LogP contribution in [0, 0.1) is 11.8 Å². The Hall–Kier alpha value is -3.61. The molecule has 43 heavy (non-hydrogen) atoms. The van der Waals surface area contributed by atoms with Gasteiger partial charge in [-0.05, 0) is 49.2 Å². The van der Waals surface area contributed by atoms with Crippen molar-refractivity contribution < 1.29 is 24.0 Å². The van der Waals surface area contributed by atoms with Crippen LogP contribution in [0.25, 0.3) is 0 Å². The molecule has 0 bridgehead atoms. The molecule has 13 heteroatoms. The van der Waals surface area contributed by atoms with Crippen LogP contribution in [-0.2, 0) is 30.4 Å². The summed E-state index contributed by atoms with van der Waals surface area (Å²) in [5.74, 6) is -1.38. The summed E-state index contributed by atoms with van der Waals surface area (Å²) in [5, 5.41) is 10.9. The van der Waals surface area contributed by atoms with E-state index in [9.17, 15) is 24.0 Å². The van der Waals surface area contributed by atoms with Crippen molar-refractivity contribution in [3.8, 4) is 0 Å². The van der Waals surface area contributed by atoms with Gasteiger partial charge in [0.25, 0.3) is 0 Å². The Morgan fingerprint density at radius 1 is 0.860 bits per heavy atom. The zero-order valence-corrected chi connectivity index (χ0v) is 26.7. The maximum Gasteiger partial charge on any atom is 0.243 e. The van der Waals surface area contributed by atoms with E-state index < -0.39 is 41.9 Å². The van der Waals surface area contributed by atoms with Crippen molar-refractivity contribution >= 4 is 47.6 Å². The predicted octanol–water partition coefficient (Wildman–Crippen LogP) is 0.876. The van der Waals surface area contributed by atoms with Gasteiger partial charge in [0.15, 0.2) is 11.7 Å². The summed E-state index contributed by atoms with van der Waals surface area (Å²) >= 11 is 1.54. The smallest absolute Gasteiger partial charge is 0.243 e. The maximum atomic E-state index is 13.7. The van der Waals surface area contributed by atoms with Crippen LogP contribution >= 0.6 is 11.8 Å². The summed E-state index contributed by atoms with van der Waals surface area (Å²) in [6.07, 6.45) is 4.02. The lowest BCUT2D eigenvalue weighted by molar-refractivity contribution is -0.134. The average Bonchev–Trinajstić information content (AvgIpc) is 2.95. The highest BCUT2D eigenvalue weighted by Gasteiger charge is 2.31. The lowest BCUT2D eigenvalue weighted by Gasteiger charge is -2.27. The molecule has 0 heterocycles. The fraction of sp³-hybridized carbons (Fsp3) is 0.600. The number of benzene rings is 1. The molecule has 0 saturated heterocycles. The summed E-state index contributed by atoms with van der Waals surface area (Å²) in [6.45, 7) is 7.65. The molecule has 1 aromatic rings. The predicted molar refractivity (Wildman–Crippen MR) is 171 cm³/mol. The van der Waals surface area contributed by atoms with Gasteiger partial charge in [0, 0.05) is 18.9 Å². The fourth-order valence-corrected chi connectivity index (χ4v) is 4.85. The molecule has 0 spiro atoms. The van der Waals surface area contributed by atoms with Crippen molar-refractivity contribution in [3.05, 3.63) is 35.9 Å². The second kappa shape index (κ2) is 20.3. The van der Waals surface area contributed by atoms with Crippen LogP contribution in [0.4, 0.5) is 0 Å². The van der Waals surface area contributed by atoms with Gasteiger partial charge in [0.2, 0.25) is 24.1 Å². The Bertz CT molecular complexity index is 1060. The number of aliphatic imine (C=N–C) groups is 1. The molecule has 8 N–H and O–H groups in total. The number of rotatable bonds is 21. The molecule has 0 saturated carbocycles. The molecular weight excluding hydrogens is 570 g/mol. The van der Waals surface area contributed by atoms with Crippen molar-refractivity contribution in [2.75, 3.05) is 18.6 Å². The minimum atomic E-state index is -1.03. The monoisotopic (exact) mass is 619 g/mol. The number of nitrogens with one attached hydrogen (secondary N) is 4. The number of amides is 4. The fourth-order valence-electron chi connectivity index (χ4n) is 4.38. The van der Waals surface area contributed by atoms with E-state index in [4.69, 9.17) is 11.5 Å². The van der Waals surface area contributed by atoms with Crippen LogP contribution in [-0.4, -0.2) is 78.6 Å². The highest BCUT2D eigenvalue weighted by atomic mass is 32.2. The van der Waals surface area contributed by atoms with E-state index in [0.717, 1.165) is 5.56 Å². The van der Waals surface area contributed by atoms with Crippen LogP contribution in [0.2, 0.25) is 0 Å². The van der Waals surface area contributed by atoms with Crippen LogP contribution in [0.3, 0.4) is 0 Å². The Morgan fingerprint density at radius 3 is 2.00 bits per heavy atom. The number of carbonyl (C=O) groups is 5. The summed E-state index contributed by atoms with van der Waals surface area (Å²) in [5.41, 5.74) is 11.6. The molecule has 0 aliphatic rings. The second-order valence-electron chi connectivity index (χ2n) is 11.1. The van der Waals surface area contributed by atoms with E-state index in [1.54, 1.807) is 13.8 Å². The number of hydrogen-bond donors (Lipinski definition) is 6. The van der Waals surface area contributed by atoms with Gasteiger partial charge in [0.05, 0.1) is 6.04 Å². The molecule has 0 fully saturated rings. The maximum absolute atomic E-state index is 13.7. The molecule has 4 amide bonds. The molecule has 0 radical (unpaired) electrons. The van der Waals surface area contributed by atoms with Crippen LogP contribution < -0.4 is 32.7 Å². The number of hydrogen-bond acceptors (Lipinski definition) is 7. The number of guanidine groups is 1. The van der Waals surface area contributed by atoms with Gasteiger partial charge < -0.3 is 32.7 Å². The number of Topliss-reactive ketones (excluding diaryl/α,β-unsaturated/α-hetero) is 1. The zero-order valence-electron chi connectivity index (χ0n) is 25.9. The third kappa shape index (κ3) is 14.9. The normalized spacial score (nSPS) is 13.7. The average molecular weight is 620 g/mol. The SMILES string of the molecule is CSCCC(NC=O)C(=O)NC(CC(C)C)C(=O)NC(Cc1ccccc1)C(=O)NC(CCCN=C(N)N)C(=O)C(C)C. The summed E-state index contributed by atoms with van der Waals surface area (Å²) < 4.78 is 0. The Labute approximate surface area is 259 Å². The molecule has 1 aromatic carbocycles. The molecule has 4 atom stereocenters. The van der Waals surface area contributed by atoms with E-state index in [-0.39, 0.29) is 30.0 Å². The number of thioether (sulfide) groups is 1. The minimum absolute atomic E-state index is 0.0411. The van der Waals surface area contributed by atoms with Crippen molar-refractivity contribution in [2.45, 2.75) is 84.0 Å². The van der Waals surface area contributed by atoms with Crippen molar-refractivity contribution in [1.82, 2.24) is 21.3 Å². The Morgan fingerprint density at radius 2 is 1.44 bits per heavy atom. The quantitative estimate of drug-likeness (QED) is 0.0504.